The molecule has 20 heavy (non-hydrogen) atoms. The maximum atomic E-state index is 13.9. The first-order valence-corrected chi connectivity index (χ1v) is 7.52. The fourth-order valence-corrected chi connectivity index (χ4v) is 2.75. The zero-order valence-electron chi connectivity index (χ0n) is 12.7. The van der Waals surface area contributed by atoms with E-state index in [0.29, 0.717) is 6.54 Å². The van der Waals surface area contributed by atoms with E-state index in [0.717, 1.165) is 30.8 Å². The summed E-state index contributed by atoms with van der Waals surface area (Å²) in [6.45, 7) is 5.99. The van der Waals surface area contributed by atoms with Crippen molar-refractivity contribution in [1.82, 2.24) is 15.1 Å². The average molecular weight is 279 g/mol. The molecule has 0 aromatic heterocycles. The van der Waals surface area contributed by atoms with Crippen LogP contribution in [0.3, 0.4) is 0 Å². The highest BCUT2D eigenvalue weighted by Crippen LogP contribution is 2.13. The van der Waals surface area contributed by atoms with Crippen LogP contribution in [-0.4, -0.2) is 50.1 Å². The first-order chi connectivity index (χ1) is 9.69. The quantitative estimate of drug-likeness (QED) is 0.824. The Kier molecular flexibility index (Phi) is 5.95. The van der Waals surface area contributed by atoms with Gasteiger partial charge in [0.15, 0.2) is 0 Å². The number of halogens is 1. The van der Waals surface area contributed by atoms with Crippen molar-refractivity contribution in [2.45, 2.75) is 25.9 Å². The molecule has 1 saturated heterocycles. The average Bonchev–Trinajstić information content (AvgIpc) is 2.94. The van der Waals surface area contributed by atoms with Crippen LogP contribution in [-0.2, 0) is 13.1 Å². The summed E-state index contributed by atoms with van der Waals surface area (Å²) in [7, 11) is 3.98. The molecule has 0 amide bonds. The number of benzene rings is 1. The number of hydrogen-bond acceptors (Lipinski definition) is 3. The molecule has 0 aliphatic carbocycles. The van der Waals surface area contributed by atoms with Gasteiger partial charge in [0.25, 0.3) is 0 Å². The Hall–Kier alpha value is -0.970. The van der Waals surface area contributed by atoms with Crippen molar-refractivity contribution in [2.24, 2.45) is 0 Å². The number of hydrogen-bond donors (Lipinski definition) is 1. The third kappa shape index (κ3) is 4.54. The van der Waals surface area contributed by atoms with Crippen molar-refractivity contribution < 1.29 is 4.39 Å². The molecule has 112 valence electrons. The minimum Gasteiger partial charge on any atom is -0.316 e. The lowest BCUT2D eigenvalue weighted by Gasteiger charge is -2.21. The van der Waals surface area contributed by atoms with Gasteiger partial charge in [-0.2, -0.15) is 0 Å². The lowest BCUT2D eigenvalue weighted by Crippen LogP contribution is -2.31. The molecule has 0 spiro atoms. The molecule has 1 aliphatic rings. The van der Waals surface area contributed by atoms with E-state index in [2.05, 4.69) is 22.2 Å². The van der Waals surface area contributed by atoms with E-state index in [9.17, 15) is 4.39 Å². The maximum Gasteiger partial charge on any atom is 0.127 e. The van der Waals surface area contributed by atoms with Gasteiger partial charge < -0.3 is 15.1 Å². The highest BCUT2D eigenvalue weighted by atomic mass is 19.1. The summed E-state index contributed by atoms with van der Waals surface area (Å²) in [4.78, 5) is 4.70. The number of nitrogens with one attached hydrogen (secondary N) is 1. The molecule has 1 heterocycles. The van der Waals surface area contributed by atoms with Crippen LogP contribution in [0.5, 0.6) is 0 Å². The van der Waals surface area contributed by atoms with E-state index >= 15 is 0 Å². The molecule has 1 aromatic carbocycles. The normalized spacial score (nSPS) is 16.2. The fraction of sp³-hybridized carbons (Fsp3) is 0.625. The summed E-state index contributed by atoms with van der Waals surface area (Å²) >= 11 is 0. The third-order valence-electron chi connectivity index (χ3n) is 3.93. The molecular weight excluding hydrogens is 253 g/mol. The summed E-state index contributed by atoms with van der Waals surface area (Å²) in [5.41, 5.74) is 1.93. The Labute approximate surface area is 121 Å². The van der Waals surface area contributed by atoms with E-state index in [1.165, 1.54) is 25.9 Å². The molecule has 0 unspecified atom stereocenters. The van der Waals surface area contributed by atoms with Gasteiger partial charge in [-0.1, -0.05) is 12.1 Å². The number of likely N-dealkylation sites (N-methyl/N-ethyl adjacent to an activating group) is 1. The van der Waals surface area contributed by atoms with Crippen molar-refractivity contribution in [3.63, 3.8) is 0 Å². The topological polar surface area (TPSA) is 18.5 Å². The van der Waals surface area contributed by atoms with Crippen molar-refractivity contribution in [1.29, 1.82) is 0 Å². The van der Waals surface area contributed by atoms with Gasteiger partial charge in [0.2, 0.25) is 0 Å². The zero-order valence-corrected chi connectivity index (χ0v) is 12.7. The summed E-state index contributed by atoms with van der Waals surface area (Å²) in [6, 6.07) is 5.40. The molecule has 3 nitrogen and oxygen atoms in total. The van der Waals surface area contributed by atoms with Gasteiger partial charge in [0.05, 0.1) is 0 Å². The molecule has 0 atom stereocenters. The summed E-state index contributed by atoms with van der Waals surface area (Å²) < 4.78 is 13.9. The first-order valence-electron chi connectivity index (χ1n) is 7.52. The first kappa shape index (κ1) is 15.4. The lowest BCUT2D eigenvalue weighted by atomic mass is 10.1. The Balaban J connectivity index is 1.85. The molecule has 1 N–H and O–H groups in total. The summed E-state index contributed by atoms with van der Waals surface area (Å²) in [6.07, 6.45) is 2.65. The van der Waals surface area contributed by atoms with Crippen LogP contribution < -0.4 is 5.32 Å². The van der Waals surface area contributed by atoms with E-state index < -0.39 is 0 Å². The Morgan fingerprint density at radius 2 is 2.05 bits per heavy atom. The van der Waals surface area contributed by atoms with Crippen LogP contribution in [0.15, 0.2) is 18.2 Å². The van der Waals surface area contributed by atoms with Crippen molar-refractivity contribution in [2.75, 3.05) is 40.3 Å². The lowest BCUT2D eigenvalue weighted by molar-refractivity contribution is 0.250. The largest absolute Gasteiger partial charge is 0.316 e. The molecular formula is C16H26FN3. The molecule has 1 aromatic rings. The highest BCUT2D eigenvalue weighted by Gasteiger charge is 2.12. The molecule has 1 aliphatic heterocycles. The number of nitrogens with zero attached hydrogens (tertiary/aromatic N) is 2. The van der Waals surface area contributed by atoms with Gasteiger partial charge in [-0.15, -0.1) is 0 Å². The smallest absolute Gasteiger partial charge is 0.127 e. The fourth-order valence-electron chi connectivity index (χ4n) is 2.75. The summed E-state index contributed by atoms with van der Waals surface area (Å²) in [5, 5.41) is 3.10. The van der Waals surface area contributed by atoms with Crippen molar-refractivity contribution >= 4 is 0 Å². The number of likely N-dealkylation sites (tertiary alicyclic amines) is 1. The second-order valence-electron chi connectivity index (χ2n) is 5.74. The minimum absolute atomic E-state index is 0.0992. The summed E-state index contributed by atoms with van der Waals surface area (Å²) in [5.74, 6) is -0.0992. The molecule has 0 bridgehead atoms. The van der Waals surface area contributed by atoms with E-state index in [4.69, 9.17) is 0 Å². The van der Waals surface area contributed by atoms with Crippen LogP contribution >= 0.6 is 0 Å². The minimum atomic E-state index is -0.0992. The van der Waals surface area contributed by atoms with Gasteiger partial charge in [-0.05, 0) is 51.7 Å². The van der Waals surface area contributed by atoms with Crippen LogP contribution in [0.25, 0.3) is 0 Å². The standard InChI is InChI=1S/C16H26FN3/c1-18-12-14-5-6-16(17)15(11-14)13-19(2)9-10-20-7-3-4-8-20/h5-6,11,18H,3-4,7-10,12-13H2,1-2H3. The zero-order chi connectivity index (χ0) is 14.4. The predicted molar refractivity (Wildman–Crippen MR) is 81.2 cm³/mol. The monoisotopic (exact) mass is 279 g/mol. The SMILES string of the molecule is CNCc1ccc(F)c(CN(C)CCN2CCCC2)c1. The van der Waals surface area contributed by atoms with Crippen molar-refractivity contribution in [3.05, 3.63) is 35.1 Å². The molecule has 2 rings (SSSR count). The second-order valence-corrected chi connectivity index (χ2v) is 5.74. The van der Waals surface area contributed by atoms with Crippen molar-refractivity contribution in [3.8, 4) is 0 Å². The van der Waals surface area contributed by atoms with Gasteiger partial charge in [0, 0.05) is 31.7 Å². The van der Waals surface area contributed by atoms with Crippen LogP contribution in [0.4, 0.5) is 4.39 Å². The Bertz CT molecular complexity index is 416. The Morgan fingerprint density at radius 1 is 1.30 bits per heavy atom. The molecule has 4 heteroatoms. The molecule has 0 radical (unpaired) electrons. The van der Waals surface area contributed by atoms with Crippen LogP contribution in [0.1, 0.15) is 24.0 Å². The predicted octanol–water partition coefficient (Wildman–Crippen LogP) is 2.07. The molecule has 1 fully saturated rings. The maximum absolute atomic E-state index is 13.9. The van der Waals surface area contributed by atoms with Gasteiger partial charge >= 0.3 is 0 Å². The third-order valence-corrected chi connectivity index (χ3v) is 3.93. The van der Waals surface area contributed by atoms with Gasteiger partial charge in [-0.3, -0.25) is 0 Å². The van der Waals surface area contributed by atoms with E-state index in [-0.39, 0.29) is 5.82 Å². The number of rotatable bonds is 7. The van der Waals surface area contributed by atoms with Crippen LogP contribution in [0, 0.1) is 5.82 Å². The Morgan fingerprint density at radius 3 is 2.75 bits per heavy atom. The second kappa shape index (κ2) is 7.72. The van der Waals surface area contributed by atoms with Crippen LogP contribution in [0.2, 0.25) is 0 Å². The van der Waals surface area contributed by atoms with E-state index in [1.807, 2.05) is 19.2 Å². The van der Waals surface area contributed by atoms with Gasteiger partial charge in [0.1, 0.15) is 5.82 Å². The highest BCUT2D eigenvalue weighted by molar-refractivity contribution is 5.25. The van der Waals surface area contributed by atoms with E-state index in [1.54, 1.807) is 6.07 Å². The molecule has 0 saturated carbocycles. The van der Waals surface area contributed by atoms with Gasteiger partial charge in [-0.25, -0.2) is 4.39 Å².